The average Bonchev–Trinajstić information content (AvgIpc) is 2.97. The lowest BCUT2D eigenvalue weighted by Crippen LogP contribution is -2.35. The van der Waals surface area contributed by atoms with Crippen LogP contribution < -0.4 is 4.90 Å². The summed E-state index contributed by atoms with van der Waals surface area (Å²) in [6.07, 6.45) is 0.666. The summed E-state index contributed by atoms with van der Waals surface area (Å²) in [7, 11) is 1.98. The molecule has 1 fully saturated rings. The first-order valence-corrected chi connectivity index (χ1v) is 10.7. The summed E-state index contributed by atoms with van der Waals surface area (Å²) in [6, 6.07) is 16.2. The van der Waals surface area contributed by atoms with E-state index < -0.39 is 0 Å². The Bertz CT molecular complexity index is 1050. The van der Waals surface area contributed by atoms with Crippen molar-refractivity contribution >= 4 is 11.8 Å². The van der Waals surface area contributed by atoms with E-state index in [1.165, 1.54) is 5.69 Å². The van der Waals surface area contributed by atoms with E-state index in [0.29, 0.717) is 19.7 Å². The smallest absolute Gasteiger partial charge is 0.410 e. The molecular weight excluding hydrogens is 390 g/mol. The van der Waals surface area contributed by atoms with Gasteiger partial charge in [-0.2, -0.15) is 0 Å². The number of ether oxygens (including phenoxy) is 1. The van der Waals surface area contributed by atoms with Crippen LogP contribution in [0.15, 0.2) is 48.5 Å². The Morgan fingerprint density at radius 3 is 2.52 bits per heavy atom. The van der Waals surface area contributed by atoms with Gasteiger partial charge in [0.15, 0.2) is 5.82 Å². The zero-order valence-corrected chi connectivity index (χ0v) is 18.4. The van der Waals surface area contributed by atoms with Gasteiger partial charge in [0.25, 0.3) is 0 Å². The van der Waals surface area contributed by atoms with Crippen LogP contribution in [0.3, 0.4) is 0 Å². The predicted molar refractivity (Wildman–Crippen MR) is 121 cm³/mol. The molecule has 0 atom stereocenters. The lowest BCUT2D eigenvalue weighted by molar-refractivity contribution is 0.0986. The van der Waals surface area contributed by atoms with Crippen LogP contribution in [-0.4, -0.2) is 51.9 Å². The van der Waals surface area contributed by atoms with Crippen LogP contribution in [0.25, 0.3) is 11.4 Å². The third kappa shape index (κ3) is 4.71. The quantitative estimate of drug-likeness (QED) is 0.641. The van der Waals surface area contributed by atoms with E-state index in [4.69, 9.17) is 4.74 Å². The number of amides is 1. The molecule has 2 heterocycles. The second kappa shape index (κ2) is 9.20. The average molecular weight is 420 g/mol. The summed E-state index contributed by atoms with van der Waals surface area (Å²) in [5, 5.41) is 8.48. The number of nitrogens with zero attached hydrogens (tertiary/aromatic N) is 5. The maximum absolute atomic E-state index is 12.5. The fourth-order valence-electron chi connectivity index (χ4n) is 3.91. The Labute approximate surface area is 183 Å². The van der Waals surface area contributed by atoms with Gasteiger partial charge in [0.2, 0.25) is 0 Å². The lowest BCUT2D eigenvalue weighted by Gasteiger charge is -2.24. The summed E-state index contributed by atoms with van der Waals surface area (Å²) < 4.78 is 7.52. The molecule has 0 saturated carbocycles. The van der Waals surface area contributed by atoms with Crippen molar-refractivity contribution in [2.75, 3.05) is 31.1 Å². The molecule has 7 nitrogen and oxygen atoms in total. The van der Waals surface area contributed by atoms with Gasteiger partial charge in [-0.15, -0.1) is 10.2 Å². The van der Waals surface area contributed by atoms with Gasteiger partial charge in [-0.1, -0.05) is 30.3 Å². The maximum atomic E-state index is 12.5. The number of aromatic nitrogens is 3. The summed E-state index contributed by atoms with van der Waals surface area (Å²) in [6.45, 7) is 7.41. The summed E-state index contributed by atoms with van der Waals surface area (Å²) in [5.41, 5.74) is 4.42. The molecule has 3 aromatic rings. The molecule has 2 aromatic carbocycles. The van der Waals surface area contributed by atoms with Crippen molar-refractivity contribution < 1.29 is 9.53 Å². The van der Waals surface area contributed by atoms with Crippen LogP contribution in [0.5, 0.6) is 0 Å². The first-order valence-electron chi connectivity index (χ1n) is 10.7. The van der Waals surface area contributed by atoms with Crippen molar-refractivity contribution in [2.45, 2.75) is 26.9 Å². The number of aryl methyl sites for hydroxylation is 2. The molecule has 1 amide bonds. The highest BCUT2D eigenvalue weighted by atomic mass is 16.6. The van der Waals surface area contributed by atoms with Gasteiger partial charge in [0.1, 0.15) is 12.4 Å². The van der Waals surface area contributed by atoms with Crippen molar-refractivity contribution in [3.63, 3.8) is 0 Å². The molecule has 0 N–H and O–H groups in total. The van der Waals surface area contributed by atoms with Crippen LogP contribution in [-0.2, 0) is 18.4 Å². The topological polar surface area (TPSA) is 63.5 Å². The van der Waals surface area contributed by atoms with Crippen LogP contribution in [0, 0.1) is 13.8 Å². The number of benzene rings is 2. The van der Waals surface area contributed by atoms with Gasteiger partial charge in [0.05, 0.1) is 0 Å². The highest BCUT2D eigenvalue weighted by molar-refractivity contribution is 5.68. The molecule has 162 valence electrons. The molecule has 0 radical (unpaired) electrons. The van der Waals surface area contributed by atoms with E-state index in [0.717, 1.165) is 47.8 Å². The molecule has 1 aliphatic rings. The Kier molecular flexibility index (Phi) is 6.21. The molecule has 0 spiro atoms. The van der Waals surface area contributed by atoms with E-state index in [-0.39, 0.29) is 6.09 Å². The van der Waals surface area contributed by atoms with Gasteiger partial charge < -0.3 is 19.1 Å². The predicted octanol–water partition coefficient (Wildman–Crippen LogP) is 3.95. The highest BCUT2D eigenvalue weighted by Crippen LogP contribution is 2.27. The van der Waals surface area contributed by atoms with E-state index in [2.05, 4.69) is 40.2 Å². The van der Waals surface area contributed by atoms with Gasteiger partial charge in [-0.3, -0.25) is 0 Å². The SMILES string of the molecule is Cc1cc(N2CCCN(C(=O)OCc3ccccc3)CC2)ccc1-c1nnc(C)n1C. The molecule has 1 aromatic heterocycles. The molecule has 0 unspecified atom stereocenters. The van der Waals surface area contributed by atoms with Crippen LogP contribution >= 0.6 is 0 Å². The van der Waals surface area contributed by atoms with Crippen molar-refractivity contribution in [3.05, 3.63) is 65.5 Å². The minimum absolute atomic E-state index is 0.241. The summed E-state index contributed by atoms with van der Waals surface area (Å²) >= 11 is 0. The van der Waals surface area contributed by atoms with E-state index >= 15 is 0 Å². The standard InChI is InChI=1S/C24H29N5O2/c1-18-16-21(10-11-22(18)23-26-25-19(2)27(23)3)28-12-7-13-29(15-14-28)24(30)31-17-20-8-5-4-6-9-20/h4-6,8-11,16H,7,12-15,17H2,1-3H3. The number of hydrogen-bond acceptors (Lipinski definition) is 5. The van der Waals surface area contributed by atoms with Crippen molar-refractivity contribution in [1.29, 1.82) is 0 Å². The molecule has 1 saturated heterocycles. The normalized spacial score (nSPS) is 14.4. The van der Waals surface area contributed by atoms with E-state index in [1.54, 1.807) is 0 Å². The van der Waals surface area contributed by atoms with Crippen LogP contribution in [0.1, 0.15) is 23.4 Å². The van der Waals surface area contributed by atoms with Gasteiger partial charge in [-0.25, -0.2) is 4.79 Å². The molecule has 0 aliphatic carbocycles. The number of rotatable bonds is 4. The van der Waals surface area contributed by atoms with Crippen LogP contribution in [0.2, 0.25) is 0 Å². The Balaban J connectivity index is 1.39. The van der Waals surface area contributed by atoms with E-state index in [9.17, 15) is 4.79 Å². The second-order valence-electron chi connectivity index (χ2n) is 8.00. The molecule has 0 bridgehead atoms. The van der Waals surface area contributed by atoms with Gasteiger partial charge >= 0.3 is 6.09 Å². The minimum atomic E-state index is -0.241. The summed E-state index contributed by atoms with van der Waals surface area (Å²) in [5.74, 6) is 1.77. The Morgan fingerprint density at radius 2 is 1.81 bits per heavy atom. The molecular formula is C24H29N5O2. The van der Waals surface area contributed by atoms with Crippen LogP contribution in [0.4, 0.5) is 10.5 Å². The highest BCUT2D eigenvalue weighted by Gasteiger charge is 2.21. The van der Waals surface area contributed by atoms with Gasteiger partial charge in [0, 0.05) is 44.5 Å². The zero-order valence-electron chi connectivity index (χ0n) is 18.4. The van der Waals surface area contributed by atoms with E-state index in [1.807, 2.05) is 53.8 Å². The third-order valence-corrected chi connectivity index (χ3v) is 5.87. The fraction of sp³-hybridized carbons (Fsp3) is 0.375. The molecule has 1 aliphatic heterocycles. The summed E-state index contributed by atoms with van der Waals surface area (Å²) in [4.78, 5) is 16.7. The lowest BCUT2D eigenvalue weighted by atomic mass is 10.1. The first kappa shape index (κ1) is 20.9. The molecule has 4 rings (SSSR count). The molecule has 7 heteroatoms. The number of carbonyl (C=O) groups is 1. The minimum Gasteiger partial charge on any atom is -0.445 e. The largest absolute Gasteiger partial charge is 0.445 e. The van der Waals surface area contributed by atoms with Crippen molar-refractivity contribution in [1.82, 2.24) is 19.7 Å². The Morgan fingerprint density at radius 1 is 1.00 bits per heavy atom. The first-order chi connectivity index (χ1) is 15.0. The Hall–Kier alpha value is -3.35. The van der Waals surface area contributed by atoms with Crippen molar-refractivity contribution in [3.8, 4) is 11.4 Å². The monoisotopic (exact) mass is 419 g/mol. The number of anilines is 1. The maximum Gasteiger partial charge on any atom is 0.410 e. The second-order valence-corrected chi connectivity index (χ2v) is 8.00. The third-order valence-electron chi connectivity index (χ3n) is 5.87. The number of hydrogen-bond donors (Lipinski definition) is 0. The zero-order chi connectivity index (χ0) is 21.8. The van der Waals surface area contributed by atoms with Crippen molar-refractivity contribution in [2.24, 2.45) is 7.05 Å². The number of carbonyl (C=O) groups excluding carboxylic acids is 1. The fourth-order valence-corrected chi connectivity index (χ4v) is 3.91. The molecule has 31 heavy (non-hydrogen) atoms. The van der Waals surface area contributed by atoms with Gasteiger partial charge in [-0.05, 0) is 49.6 Å².